The highest BCUT2D eigenvalue weighted by Crippen LogP contribution is 2.36. The van der Waals surface area contributed by atoms with E-state index in [1.807, 2.05) is 56.7 Å². The van der Waals surface area contributed by atoms with Gasteiger partial charge in [-0.05, 0) is 36.4 Å². The van der Waals surface area contributed by atoms with Gasteiger partial charge in [-0.2, -0.15) is 0 Å². The third-order valence-electron chi connectivity index (χ3n) is 4.99. The number of anilines is 3. The van der Waals surface area contributed by atoms with Crippen molar-refractivity contribution in [1.82, 2.24) is 9.38 Å². The van der Waals surface area contributed by atoms with E-state index in [0.29, 0.717) is 13.2 Å². The third-order valence-corrected chi connectivity index (χ3v) is 4.99. The molecule has 0 bridgehead atoms. The average Bonchev–Trinajstić information content (AvgIpc) is 3.12. The highest BCUT2D eigenvalue weighted by Gasteiger charge is 2.17. The number of rotatable bonds is 4. The lowest BCUT2D eigenvalue weighted by atomic mass is 10.1. The zero-order valence-electron chi connectivity index (χ0n) is 16.4. The molecule has 0 fully saturated rings. The average molecular weight is 386 g/mol. The molecule has 5 rings (SSSR count). The van der Waals surface area contributed by atoms with E-state index < -0.39 is 0 Å². The number of nitrogens with zero attached hydrogens (tertiary/aromatic N) is 3. The van der Waals surface area contributed by atoms with E-state index in [4.69, 9.17) is 14.5 Å². The summed E-state index contributed by atoms with van der Waals surface area (Å²) in [5.74, 6) is 2.45. The van der Waals surface area contributed by atoms with Gasteiger partial charge in [-0.3, -0.25) is 4.40 Å². The van der Waals surface area contributed by atoms with E-state index in [2.05, 4.69) is 38.9 Å². The van der Waals surface area contributed by atoms with Crippen molar-refractivity contribution in [2.24, 2.45) is 0 Å². The van der Waals surface area contributed by atoms with E-state index in [9.17, 15) is 0 Å². The van der Waals surface area contributed by atoms with Crippen molar-refractivity contribution in [2.45, 2.75) is 0 Å². The van der Waals surface area contributed by atoms with Crippen molar-refractivity contribution in [2.75, 3.05) is 37.5 Å². The van der Waals surface area contributed by atoms with Crippen LogP contribution in [-0.2, 0) is 0 Å². The number of hydrogen-bond donors (Lipinski definition) is 1. The van der Waals surface area contributed by atoms with Crippen molar-refractivity contribution >= 4 is 22.8 Å². The standard InChI is InChI=1S/C23H22N4O2/c1-26(2)18-9-6-16(7-10-18)22-23(27-12-4-3-5-21(27)25-22)24-17-8-11-19-20(15-17)29-14-13-28-19/h3-12,15,24H,13-14H2,1-2H3. The summed E-state index contributed by atoms with van der Waals surface area (Å²) in [6.45, 7) is 1.15. The fourth-order valence-electron chi connectivity index (χ4n) is 3.49. The molecule has 2 aromatic carbocycles. The summed E-state index contributed by atoms with van der Waals surface area (Å²) in [5, 5.41) is 3.54. The molecule has 4 aromatic rings. The molecule has 29 heavy (non-hydrogen) atoms. The number of aromatic nitrogens is 2. The van der Waals surface area contributed by atoms with Crippen molar-refractivity contribution in [1.29, 1.82) is 0 Å². The van der Waals surface area contributed by atoms with Crippen LogP contribution in [0.4, 0.5) is 17.2 Å². The van der Waals surface area contributed by atoms with Crippen LogP contribution in [-0.4, -0.2) is 36.7 Å². The van der Waals surface area contributed by atoms with Crippen LogP contribution in [0.5, 0.6) is 11.5 Å². The Kier molecular flexibility index (Phi) is 4.24. The topological polar surface area (TPSA) is 51.0 Å². The van der Waals surface area contributed by atoms with Gasteiger partial charge < -0.3 is 19.7 Å². The Balaban J connectivity index is 1.58. The lowest BCUT2D eigenvalue weighted by Crippen LogP contribution is -2.15. The number of imidazole rings is 1. The summed E-state index contributed by atoms with van der Waals surface area (Å²) in [4.78, 5) is 6.96. The number of nitrogens with one attached hydrogen (secondary N) is 1. The van der Waals surface area contributed by atoms with Crippen LogP contribution in [0.15, 0.2) is 66.9 Å². The van der Waals surface area contributed by atoms with Crippen LogP contribution >= 0.6 is 0 Å². The molecule has 0 unspecified atom stereocenters. The lowest BCUT2D eigenvalue weighted by molar-refractivity contribution is 0.171. The second kappa shape index (κ2) is 7.05. The SMILES string of the molecule is CN(C)c1ccc(-c2nc3ccccn3c2Nc2ccc3c(c2)OCCO3)cc1. The Hall–Kier alpha value is -3.67. The van der Waals surface area contributed by atoms with Gasteiger partial charge >= 0.3 is 0 Å². The first-order valence-electron chi connectivity index (χ1n) is 9.60. The molecule has 1 N–H and O–H groups in total. The van der Waals surface area contributed by atoms with Gasteiger partial charge in [0.2, 0.25) is 0 Å². The minimum Gasteiger partial charge on any atom is -0.486 e. The lowest BCUT2D eigenvalue weighted by Gasteiger charge is -2.19. The molecule has 0 atom stereocenters. The summed E-state index contributed by atoms with van der Waals surface area (Å²) in [7, 11) is 4.07. The Morgan fingerprint density at radius 3 is 2.52 bits per heavy atom. The maximum absolute atomic E-state index is 5.73. The van der Waals surface area contributed by atoms with Gasteiger partial charge in [0.05, 0.1) is 0 Å². The molecule has 0 aliphatic carbocycles. The summed E-state index contributed by atoms with van der Waals surface area (Å²) >= 11 is 0. The summed E-state index contributed by atoms with van der Waals surface area (Å²) in [6, 6.07) is 20.3. The predicted octanol–water partition coefficient (Wildman–Crippen LogP) is 4.58. The Morgan fingerprint density at radius 2 is 1.72 bits per heavy atom. The van der Waals surface area contributed by atoms with Crippen LogP contribution in [0.2, 0.25) is 0 Å². The third kappa shape index (κ3) is 3.23. The van der Waals surface area contributed by atoms with Crippen molar-refractivity contribution in [3.8, 4) is 22.8 Å². The first kappa shape index (κ1) is 17.4. The van der Waals surface area contributed by atoms with E-state index >= 15 is 0 Å². The van der Waals surface area contributed by atoms with Crippen LogP contribution in [0, 0.1) is 0 Å². The van der Waals surface area contributed by atoms with Crippen LogP contribution in [0.1, 0.15) is 0 Å². The maximum atomic E-state index is 5.73. The highest BCUT2D eigenvalue weighted by molar-refractivity contribution is 5.80. The molecule has 0 saturated heterocycles. The minimum absolute atomic E-state index is 0.565. The second-order valence-electron chi connectivity index (χ2n) is 7.16. The maximum Gasteiger partial charge on any atom is 0.163 e. The van der Waals surface area contributed by atoms with Gasteiger partial charge in [-0.25, -0.2) is 4.98 Å². The molecule has 146 valence electrons. The molecule has 0 saturated carbocycles. The van der Waals surface area contributed by atoms with Gasteiger partial charge in [0.25, 0.3) is 0 Å². The fourth-order valence-corrected chi connectivity index (χ4v) is 3.49. The molecule has 0 radical (unpaired) electrons. The molecule has 3 heterocycles. The molecule has 0 amide bonds. The zero-order valence-corrected chi connectivity index (χ0v) is 16.4. The predicted molar refractivity (Wildman–Crippen MR) is 116 cm³/mol. The first-order chi connectivity index (χ1) is 14.2. The number of pyridine rings is 1. The van der Waals surface area contributed by atoms with E-state index in [1.54, 1.807) is 0 Å². The highest BCUT2D eigenvalue weighted by atomic mass is 16.6. The van der Waals surface area contributed by atoms with Gasteiger partial charge in [-0.15, -0.1) is 0 Å². The van der Waals surface area contributed by atoms with E-state index in [-0.39, 0.29) is 0 Å². The van der Waals surface area contributed by atoms with Gasteiger partial charge in [0, 0.05) is 43.3 Å². The smallest absolute Gasteiger partial charge is 0.163 e. The molecule has 1 aliphatic rings. The Morgan fingerprint density at radius 1 is 0.931 bits per heavy atom. The molecule has 6 heteroatoms. The van der Waals surface area contributed by atoms with Crippen LogP contribution in [0.3, 0.4) is 0 Å². The Bertz CT molecular complexity index is 1170. The number of hydrogen-bond acceptors (Lipinski definition) is 5. The van der Waals surface area contributed by atoms with Gasteiger partial charge in [0.15, 0.2) is 11.5 Å². The molecular formula is C23H22N4O2. The quantitative estimate of drug-likeness (QED) is 0.556. The Labute approximate surface area is 169 Å². The number of fused-ring (bicyclic) bond motifs is 2. The van der Waals surface area contributed by atoms with Gasteiger partial charge in [0.1, 0.15) is 30.4 Å². The normalized spacial score (nSPS) is 12.8. The molecular weight excluding hydrogens is 364 g/mol. The minimum atomic E-state index is 0.565. The number of ether oxygens (including phenoxy) is 2. The molecule has 0 spiro atoms. The molecule has 1 aliphatic heterocycles. The number of benzene rings is 2. The van der Waals surface area contributed by atoms with Gasteiger partial charge in [-0.1, -0.05) is 18.2 Å². The molecule has 2 aromatic heterocycles. The first-order valence-corrected chi connectivity index (χ1v) is 9.60. The van der Waals surface area contributed by atoms with Crippen molar-refractivity contribution < 1.29 is 9.47 Å². The van der Waals surface area contributed by atoms with Crippen molar-refractivity contribution in [3.63, 3.8) is 0 Å². The largest absolute Gasteiger partial charge is 0.486 e. The fraction of sp³-hybridized carbons (Fsp3) is 0.174. The second-order valence-corrected chi connectivity index (χ2v) is 7.16. The van der Waals surface area contributed by atoms with Crippen LogP contribution < -0.4 is 19.7 Å². The van der Waals surface area contributed by atoms with E-state index in [1.165, 1.54) is 0 Å². The monoisotopic (exact) mass is 386 g/mol. The summed E-state index contributed by atoms with van der Waals surface area (Å²) in [5.41, 5.74) is 4.92. The summed E-state index contributed by atoms with van der Waals surface area (Å²) < 4.78 is 13.4. The zero-order chi connectivity index (χ0) is 19.8. The van der Waals surface area contributed by atoms with E-state index in [0.717, 1.165) is 45.6 Å². The molecule has 6 nitrogen and oxygen atoms in total. The summed E-state index contributed by atoms with van der Waals surface area (Å²) in [6.07, 6.45) is 2.01. The van der Waals surface area contributed by atoms with Crippen molar-refractivity contribution in [3.05, 3.63) is 66.9 Å². The van der Waals surface area contributed by atoms with Crippen LogP contribution in [0.25, 0.3) is 16.9 Å².